The van der Waals surface area contributed by atoms with Gasteiger partial charge < -0.3 is 16.0 Å². The van der Waals surface area contributed by atoms with Gasteiger partial charge in [0.1, 0.15) is 0 Å². The number of halogens is 1. The summed E-state index contributed by atoms with van der Waals surface area (Å²) in [5.74, 6) is -0.467. The van der Waals surface area contributed by atoms with E-state index in [-0.39, 0.29) is 5.69 Å². The van der Waals surface area contributed by atoms with Gasteiger partial charge in [-0.25, -0.2) is 4.79 Å². The maximum Gasteiger partial charge on any atom is 0.319 e. The second kappa shape index (κ2) is 7.58. The molecule has 138 valence electrons. The number of nitrogens with one attached hydrogen (secondary N) is 3. The summed E-state index contributed by atoms with van der Waals surface area (Å²) in [5, 5.41) is 18.9. The third-order valence-corrected chi connectivity index (χ3v) is 4.50. The molecule has 2 aromatic carbocycles. The number of carbonyl (C=O) groups excluding carboxylic acids is 2. The van der Waals surface area contributed by atoms with Crippen molar-refractivity contribution in [1.29, 1.82) is 0 Å². The van der Waals surface area contributed by atoms with Gasteiger partial charge in [0.05, 0.1) is 16.5 Å². The Morgan fingerprint density at radius 3 is 2.67 bits per heavy atom. The molecule has 0 aliphatic carbocycles. The highest BCUT2D eigenvalue weighted by atomic mass is 79.9. The molecule has 0 saturated heterocycles. The fourth-order valence-corrected chi connectivity index (χ4v) is 3.24. The number of urea groups is 1. The molecule has 2 aromatic rings. The van der Waals surface area contributed by atoms with Gasteiger partial charge in [0.15, 0.2) is 0 Å². The van der Waals surface area contributed by atoms with Crippen LogP contribution in [0.5, 0.6) is 0 Å². The molecule has 9 heteroatoms. The fraction of sp³-hybridized carbons (Fsp3) is 0.111. The Morgan fingerprint density at radius 1 is 1.22 bits per heavy atom. The lowest BCUT2D eigenvalue weighted by molar-refractivity contribution is -0.384. The lowest BCUT2D eigenvalue weighted by Crippen LogP contribution is -2.45. The van der Waals surface area contributed by atoms with Crippen LogP contribution in [0.3, 0.4) is 0 Å². The highest BCUT2D eigenvalue weighted by Gasteiger charge is 2.31. The zero-order valence-electron chi connectivity index (χ0n) is 14.2. The molecule has 3 amide bonds. The SMILES string of the molecule is CC1=C(C(=O)Nc2cccc([N+](=O)[O-])c2)[C@H](c2cccc(Br)c2)NC(=O)N1. The smallest absolute Gasteiger partial charge is 0.319 e. The van der Waals surface area contributed by atoms with Gasteiger partial charge in [0, 0.05) is 28.0 Å². The molecule has 0 spiro atoms. The van der Waals surface area contributed by atoms with Crippen molar-refractivity contribution in [3.8, 4) is 0 Å². The molecule has 0 saturated carbocycles. The second-order valence-electron chi connectivity index (χ2n) is 5.89. The number of carbonyl (C=O) groups is 2. The van der Waals surface area contributed by atoms with Crippen LogP contribution in [0.25, 0.3) is 0 Å². The average Bonchev–Trinajstić information content (AvgIpc) is 2.61. The molecule has 3 N–H and O–H groups in total. The number of anilines is 1. The van der Waals surface area contributed by atoms with E-state index in [1.165, 1.54) is 18.2 Å². The van der Waals surface area contributed by atoms with Crippen LogP contribution in [0.4, 0.5) is 16.2 Å². The molecule has 3 rings (SSSR count). The van der Waals surface area contributed by atoms with Crippen molar-refractivity contribution < 1.29 is 14.5 Å². The van der Waals surface area contributed by atoms with Gasteiger partial charge in [-0.1, -0.05) is 34.1 Å². The Kier molecular flexibility index (Phi) is 5.22. The van der Waals surface area contributed by atoms with Crippen LogP contribution in [0, 0.1) is 10.1 Å². The van der Waals surface area contributed by atoms with Gasteiger partial charge in [-0.3, -0.25) is 14.9 Å². The molecule has 1 aliphatic rings. The molecule has 1 heterocycles. The quantitative estimate of drug-likeness (QED) is 0.507. The first-order valence-electron chi connectivity index (χ1n) is 7.94. The van der Waals surface area contributed by atoms with E-state index in [1.807, 2.05) is 12.1 Å². The molecule has 0 bridgehead atoms. The minimum Gasteiger partial charge on any atom is -0.327 e. The normalized spacial score (nSPS) is 16.4. The van der Waals surface area contributed by atoms with Crippen molar-refractivity contribution in [3.05, 3.63) is 80.0 Å². The number of benzene rings is 2. The van der Waals surface area contributed by atoms with E-state index in [9.17, 15) is 19.7 Å². The summed E-state index contributed by atoms with van der Waals surface area (Å²) in [6, 6.07) is 11.8. The highest BCUT2D eigenvalue weighted by molar-refractivity contribution is 9.10. The van der Waals surface area contributed by atoms with Crippen molar-refractivity contribution in [2.75, 3.05) is 5.32 Å². The van der Waals surface area contributed by atoms with Crippen LogP contribution in [-0.4, -0.2) is 16.9 Å². The summed E-state index contributed by atoms with van der Waals surface area (Å²) in [6.45, 7) is 1.63. The zero-order valence-corrected chi connectivity index (χ0v) is 15.7. The van der Waals surface area contributed by atoms with E-state index in [2.05, 4.69) is 31.9 Å². The Bertz CT molecular complexity index is 973. The van der Waals surface area contributed by atoms with Gasteiger partial charge in [0.25, 0.3) is 11.6 Å². The lowest BCUT2D eigenvalue weighted by Gasteiger charge is -2.28. The molecule has 0 fully saturated rings. The number of hydrogen-bond donors (Lipinski definition) is 3. The highest BCUT2D eigenvalue weighted by Crippen LogP contribution is 2.29. The topological polar surface area (TPSA) is 113 Å². The van der Waals surface area contributed by atoms with E-state index < -0.39 is 22.9 Å². The summed E-state index contributed by atoms with van der Waals surface area (Å²) in [7, 11) is 0. The number of nitro benzene ring substituents is 1. The Hall–Kier alpha value is -3.20. The van der Waals surface area contributed by atoms with Crippen molar-refractivity contribution >= 4 is 39.2 Å². The van der Waals surface area contributed by atoms with E-state index in [4.69, 9.17) is 0 Å². The first-order valence-corrected chi connectivity index (χ1v) is 8.74. The van der Waals surface area contributed by atoms with Gasteiger partial charge in [-0.2, -0.15) is 0 Å². The van der Waals surface area contributed by atoms with Gasteiger partial charge in [-0.15, -0.1) is 0 Å². The van der Waals surface area contributed by atoms with E-state index in [0.29, 0.717) is 17.0 Å². The lowest BCUT2D eigenvalue weighted by atomic mass is 9.95. The molecule has 1 aliphatic heterocycles. The maximum absolute atomic E-state index is 12.9. The number of amides is 3. The molecule has 8 nitrogen and oxygen atoms in total. The average molecular weight is 431 g/mol. The zero-order chi connectivity index (χ0) is 19.6. The van der Waals surface area contributed by atoms with E-state index in [1.54, 1.807) is 25.1 Å². The third kappa shape index (κ3) is 4.14. The number of nitro groups is 1. The largest absolute Gasteiger partial charge is 0.327 e. The van der Waals surface area contributed by atoms with Crippen LogP contribution in [0.15, 0.2) is 64.3 Å². The molecule has 0 unspecified atom stereocenters. The van der Waals surface area contributed by atoms with E-state index in [0.717, 1.165) is 10.0 Å². The third-order valence-electron chi connectivity index (χ3n) is 4.01. The number of hydrogen-bond acceptors (Lipinski definition) is 4. The molecule has 0 radical (unpaired) electrons. The maximum atomic E-state index is 12.9. The Balaban J connectivity index is 1.94. The standard InChI is InChI=1S/C18H15BrN4O4/c1-10-15(17(24)21-13-6-3-7-14(9-13)23(26)27)16(22-18(25)20-10)11-4-2-5-12(19)8-11/h2-9,16H,1H3,(H,21,24)(H2,20,22,25)/t16-/m0/s1. The van der Waals surface area contributed by atoms with Crippen molar-refractivity contribution in [2.24, 2.45) is 0 Å². The molecule has 0 aromatic heterocycles. The molecule has 27 heavy (non-hydrogen) atoms. The summed E-state index contributed by atoms with van der Waals surface area (Å²) in [5.41, 5.74) is 1.62. The predicted molar refractivity (Wildman–Crippen MR) is 103 cm³/mol. The minimum absolute atomic E-state index is 0.128. The first kappa shape index (κ1) is 18.6. The van der Waals surface area contributed by atoms with Gasteiger partial charge in [-0.05, 0) is 30.7 Å². The molecular weight excluding hydrogens is 416 g/mol. The monoisotopic (exact) mass is 430 g/mol. The van der Waals surface area contributed by atoms with Crippen molar-refractivity contribution in [3.63, 3.8) is 0 Å². The Labute approximate surface area is 162 Å². The summed E-state index contributed by atoms with van der Waals surface area (Å²) < 4.78 is 0.809. The second-order valence-corrected chi connectivity index (χ2v) is 6.80. The summed E-state index contributed by atoms with van der Waals surface area (Å²) in [4.78, 5) is 35.2. The van der Waals surface area contributed by atoms with Crippen LogP contribution >= 0.6 is 15.9 Å². The summed E-state index contributed by atoms with van der Waals surface area (Å²) >= 11 is 3.38. The van der Waals surface area contributed by atoms with Gasteiger partial charge >= 0.3 is 6.03 Å². The predicted octanol–water partition coefficient (Wildman–Crippen LogP) is 3.62. The number of allylic oxidation sites excluding steroid dienone is 1. The van der Waals surface area contributed by atoms with Crippen LogP contribution < -0.4 is 16.0 Å². The van der Waals surface area contributed by atoms with Crippen molar-refractivity contribution in [2.45, 2.75) is 13.0 Å². The van der Waals surface area contributed by atoms with Crippen LogP contribution in [0.1, 0.15) is 18.5 Å². The number of non-ortho nitro benzene ring substituents is 1. The van der Waals surface area contributed by atoms with Crippen LogP contribution in [0.2, 0.25) is 0 Å². The van der Waals surface area contributed by atoms with Gasteiger partial charge in [0.2, 0.25) is 0 Å². The number of nitrogens with zero attached hydrogens (tertiary/aromatic N) is 1. The Morgan fingerprint density at radius 2 is 1.96 bits per heavy atom. The van der Waals surface area contributed by atoms with Crippen molar-refractivity contribution in [1.82, 2.24) is 10.6 Å². The minimum atomic E-state index is -0.657. The fourth-order valence-electron chi connectivity index (χ4n) is 2.83. The molecule has 1 atom stereocenters. The van der Waals surface area contributed by atoms with Crippen LogP contribution in [-0.2, 0) is 4.79 Å². The summed E-state index contributed by atoms with van der Waals surface area (Å²) in [6.07, 6.45) is 0. The van der Waals surface area contributed by atoms with E-state index >= 15 is 0 Å². The number of rotatable bonds is 4. The first-order chi connectivity index (χ1) is 12.8. The molecular formula is C18H15BrN4O4.